The number of rotatable bonds is 6. The zero-order chi connectivity index (χ0) is 13.8. The molecule has 3 N–H and O–H groups in total. The van der Waals surface area contributed by atoms with Gasteiger partial charge in [-0.05, 0) is 32.4 Å². The molecule has 4 heteroatoms. The van der Waals surface area contributed by atoms with Gasteiger partial charge in [0.05, 0.1) is 12.6 Å². The highest BCUT2D eigenvalue weighted by atomic mass is 16.5. The third-order valence-corrected chi connectivity index (χ3v) is 2.89. The normalized spacial score (nSPS) is 14.3. The number of hydrogen-bond acceptors (Lipinski definition) is 3. The zero-order valence-corrected chi connectivity index (χ0v) is 11.5. The Kier molecular flexibility index (Phi) is 4.73. The molecule has 0 aliphatic heterocycles. The summed E-state index contributed by atoms with van der Waals surface area (Å²) < 4.78 is 5.30. The average Bonchev–Trinajstić information content (AvgIpc) is 2.28. The van der Waals surface area contributed by atoms with Crippen LogP contribution in [-0.4, -0.2) is 24.6 Å². The number of hydrogen-bond donors (Lipinski definition) is 2. The number of amides is 1. The summed E-state index contributed by atoms with van der Waals surface area (Å²) in [6.07, 6.45) is 0.504. The highest BCUT2D eigenvalue weighted by molar-refractivity contribution is 5.84. The molecule has 0 aromatic heterocycles. The van der Waals surface area contributed by atoms with Crippen LogP contribution in [0, 0.1) is 0 Å². The molecule has 1 aromatic rings. The lowest BCUT2D eigenvalue weighted by Crippen LogP contribution is -2.56. The molecule has 1 aromatic carbocycles. The molecule has 1 unspecified atom stereocenters. The molecule has 1 amide bonds. The van der Waals surface area contributed by atoms with E-state index in [1.54, 1.807) is 7.11 Å². The molecular formula is C14H22N2O2. The van der Waals surface area contributed by atoms with Gasteiger partial charge in [-0.2, -0.15) is 0 Å². The van der Waals surface area contributed by atoms with Crippen molar-refractivity contribution >= 4 is 5.91 Å². The van der Waals surface area contributed by atoms with Crippen LogP contribution in [0.25, 0.3) is 0 Å². The van der Waals surface area contributed by atoms with Gasteiger partial charge in [-0.15, -0.1) is 0 Å². The molecule has 0 aliphatic carbocycles. The molecule has 0 spiro atoms. The second-order valence-corrected chi connectivity index (χ2v) is 4.98. The summed E-state index contributed by atoms with van der Waals surface area (Å²) in [6.45, 7) is 5.80. The van der Waals surface area contributed by atoms with E-state index in [1.165, 1.54) is 0 Å². The van der Waals surface area contributed by atoms with Crippen molar-refractivity contribution in [1.29, 1.82) is 0 Å². The van der Waals surface area contributed by atoms with Crippen LogP contribution >= 0.6 is 0 Å². The maximum Gasteiger partial charge on any atom is 0.237 e. The Bertz CT molecular complexity index is 418. The van der Waals surface area contributed by atoms with Gasteiger partial charge in [-0.1, -0.05) is 18.2 Å². The van der Waals surface area contributed by atoms with E-state index < -0.39 is 5.54 Å². The van der Waals surface area contributed by atoms with Gasteiger partial charge >= 0.3 is 0 Å². The van der Waals surface area contributed by atoms with Crippen molar-refractivity contribution in [3.63, 3.8) is 0 Å². The maximum absolute atomic E-state index is 11.7. The Labute approximate surface area is 109 Å². The lowest BCUT2D eigenvalue weighted by molar-refractivity contribution is -0.124. The minimum atomic E-state index is -0.775. The first-order valence-corrected chi connectivity index (χ1v) is 6.08. The molecule has 0 saturated heterocycles. The summed E-state index contributed by atoms with van der Waals surface area (Å²) >= 11 is 0. The quantitative estimate of drug-likeness (QED) is 0.803. The molecule has 0 saturated carbocycles. The number of para-hydroxylation sites is 1. The van der Waals surface area contributed by atoms with Gasteiger partial charge in [0.2, 0.25) is 5.91 Å². The number of benzene rings is 1. The third-order valence-electron chi connectivity index (χ3n) is 2.89. The van der Waals surface area contributed by atoms with Gasteiger partial charge in [0, 0.05) is 12.5 Å². The highest BCUT2D eigenvalue weighted by Crippen LogP contribution is 2.23. The SMILES string of the molecule is COc1ccccc1CC(C)(NC(C)C)C(N)=O. The molecule has 1 rings (SSSR count). The van der Waals surface area contributed by atoms with E-state index in [1.807, 2.05) is 45.0 Å². The Balaban J connectivity index is 3.00. The fraction of sp³-hybridized carbons (Fsp3) is 0.500. The summed E-state index contributed by atoms with van der Waals surface area (Å²) in [5.41, 5.74) is 5.71. The van der Waals surface area contributed by atoms with Crippen LogP contribution in [-0.2, 0) is 11.2 Å². The monoisotopic (exact) mass is 250 g/mol. The van der Waals surface area contributed by atoms with Gasteiger partial charge < -0.3 is 15.8 Å². The summed E-state index contributed by atoms with van der Waals surface area (Å²) in [5, 5.41) is 3.23. The first-order valence-electron chi connectivity index (χ1n) is 6.08. The van der Waals surface area contributed by atoms with E-state index in [0.717, 1.165) is 11.3 Å². The van der Waals surface area contributed by atoms with E-state index >= 15 is 0 Å². The first-order chi connectivity index (χ1) is 8.39. The van der Waals surface area contributed by atoms with E-state index in [-0.39, 0.29) is 11.9 Å². The molecule has 0 radical (unpaired) electrons. The molecule has 0 heterocycles. The van der Waals surface area contributed by atoms with Crippen LogP contribution < -0.4 is 15.8 Å². The molecule has 0 bridgehead atoms. The zero-order valence-electron chi connectivity index (χ0n) is 11.5. The molecule has 4 nitrogen and oxygen atoms in total. The Morgan fingerprint density at radius 2 is 2.06 bits per heavy atom. The van der Waals surface area contributed by atoms with Crippen LogP contribution in [0.2, 0.25) is 0 Å². The van der Waals surface area contributed by atoms with Crippen LogP contribution in [0.4, 0.5) is 0 Å². The second-order valence-electron chi connectivity index (χ2n) is 4.98. The Hall–Kier alpha value is -1.55. The number of primary amides is 1. The molecule has 18 heavy (non-hydrogen) atoms. The van der Waals surface area contributed by atoms with E-state index in [9.17, 15) is 4.79 Å². The predicted octanol–water partition coefficient (Wildman–Crippen LogP) is 1.48. The van der Waals surface area contributed by atoms with Gasteiger partial charge in [0.1, 0.15) is 5.75 Å². The van der Waals surface area contributed by atoms with Crippen molar-refractivity contribution < 1.29 is 9.53 Å². The van der Waals surface area contributed by atoms with Gasteiger partial charge in [-0.3, -0.25) is 4.79 Å². The molecular weight excluding hydrogens is 228 g/mol. The van der Waals surface area contributed by atoms with Crippen LogP contribution in [0.5, 0.6) is 5.75 Å². The van der Waals surface area contributed by atoms with E-state index in [2.05, 4.69) is 5.32 Å². The number of nitrogens with one attached hydrogen (secondary N) is 1. The van der Waals surface area contributed by atoms with Crippen LogP contribution in [0.1, 0.15) is 26.3 Å². The summed E-state index contributed by atoms with van der Waals surface area (Å²) in [4.78, 5) is 11.7. The number of methoxy groups -OCH3 is 1. The van der Waals surface area contributed by atoms with E-state index in [0.29, 0.717) is 6.42 Å². The molecule has 0 aliphatic rings. The second kappa shape index (κ2) is 5.87. The lowest BCUT2D eigenvalue weighted by Gasteiger charge is -2.30. The van der Waals surface area contributed by atoms with E-state index in [4.69, 9.17) is 10.5 Å². The van der Waals surface area contributed by atoms with Crippen molar-refractivity contribution in [2.75, 3.05) is 7.11 Å². The number of carbonyl (C=O) groups is 1. The molecule has 0 fully saturated rings. The Morgan fingerprint density at radius 1 is 1.44 bits per heavy atom. The van der Waals surface area contributed by atoms with Crippen molar-refractivity contribution in [1.82, 2.24) is 5.32 Å². The lowest BCUT2D eigenvalue weighted by atomic mass is 9.90. The Morgan fingerprint density at radius 3 is 2.56 bits per heavy atom. The fourth-order valence-electron chi connectivity index (χ4n) is 2.08. The number of nitrogens with two attached hydrogens (primary N) is 1. The summed E-state index contributed by atoms with van der Waals surface area (Å²) in [6, 6.07) is 7.83. The van der Waals surface area contributed by atoms with Gasteiger partial charge in [0.25, 0.3) is 0 Å². The molecule has 100 valence electrons. The van der Waals surface area contributed by atoms with Crippen molar-refractivity contribution in [3.8, 4) is 5.75 Å². The van der Waals surface area contributed by atoms with Gasteiger partial charge in [0.15, 0.2) is 0 Å². The number of ether oxygens (including phenoxy) is 1. The van der Waals surface area contributed by atoms with Crippen molar-refractivity contribution in [3.05, 3.63) is 29.8 Å². The highest BCUT2D eigenvalue weighted by Gasteiger charge is 2.32. The molecule has 1 atom stereocenters. The average molecular weight is 250 g/mol. The van der Waals surface area contributed by atoms with Crippen molar-refractivity contribution in [2.45, 2.75) is 38.8 Å². The summed E-state index contributed by atoms with van der Waals surface area (Å²) in [7, 11) is 1.62. The third kappa shape index (κ3) is 3.47. The van der Waals surface area contributed by atoms with Crippen molar-refractivity contribution in [2.24, 2.45) is 5.73 Å². The fourth-order valence-corrected chi connectivity index (χ4v) is 2.08. The topological polar surface area (TPSA) is 64.3 Å². The van der Waals surface area contributed by atoms with Crippen LogP contribution in [0.3, 0.4) is 0 Å². The van der Waals surface area contributed by atoms with Crippen LogP contribution in [0.15, 0.2) is 24.3 Å². The maximum atomic E-state index is 11.7. The first kappa shape index (κ1) is 14.5. The van der Waals surface area contributed by atoms with Gasteiger partial charge in [-0.25, -0.2) is 0 Å². The summed E-state index contributed by atoms with van der Waals surface area (Å²) in [5.74, 6) is 0.414. The largest absolute Gasteiger partial charge is 0.496 e. The smallest absolute Gasteiger partial charge is 0.237 e. The standard InChI is InChI=1S/C14H22N2O2/c1-10(2)16-14(3,13(15)17)9-11-7-5-6-8-12(11)18-4/h5-8,10,16H,9H2,1-4H3,(H2,15,17). The predicted molar refractivity (Wildman–Crippen MR) is 72.6 cm³/mol. The minimum Gasteiger partial charge on any atom is -0.496 e. The minimum absolute atomic E-state index is 0.178. The number of carbonyl (C=O) groups excluding carboxylic acids is 1.